The predicted octanol–water partition coefficient (Wildman–Crippen LogP) is 3.52. The molecule has 122 valence electrons. The van der Waals surface area contributed by atoms with Gasteiger partial charge in [-0.3, -0.25) is 5.32 Å². The predicted molar refractivity (Wildman–Crippen MR) is 85.1 cm³/mol. The summed E-state index contributed by atoms with van der Waals surface area (Å²) in [4.78, 5) is 0. The smallest absolute Gasteiger partial charge is 0.134 e. The Morgan fingerprint density at radius 2 is 1.83 bits per heavy atom. The largest absolute Gasteiger partial charge is 0.489 e. The molecule has 0 spiro atoms. The van der Waals surface area contributed by atoms with E-state index in [1.54, 1.807) is 0 Å². The third-order valence-electron chi connectivity index (χ3n) is 3.97. The van der Waals surface area contributed by atoms with Gasteiger partial charge in [-0.05, 0) is 24.9 Å². The highest BCUT2D eigenvalue weighted by Crippen LogP contribution is 2.29. The van der Waals surface area contributed by atoms with Crippen molar-refractivity contribution in [1.29, 1.82) is 0 Å². The van der Waals surface area contributed by atoms with E-state index >= 15 is 0 Å². The number of hydrogen-bond acceptors (Lipinski definition) is 3. The average molecular weight is 318 g/mol. The maximum atomic E-state index is 14.4. The Hall–Kier alpha value is -1.98. The van der Waals surface area contributed by atoms with Crippen LogP contribution >= 0.6 is 0 Å². The highest BCUT2D eigenvalue weighted by Gasteiger charge is 2.22. The number of ether oxygens (including phenoxy) is 1. The first-order chi connectivity index (χ1) is 11.2. The summed E-state index contributed by atoms with van der Waals surface area (Å²) < 4.78 is 34.3. The van der Waals surface area contributed by atoms with Crippen LogP contribution in [0.4, 0.5) is 8.78 Å². The van der Waals surface area contributed by atoms with Crippen LogP contribution in [0.5, 0.6) is 5.75 Å². The molecular weight excluding hydrogens is 298 g/mol. The zero-order valence-corrected chi connectivity index (χ0v) is 12.8. The van der Waals surface area contributed by atoms with Crippen molar-refractivity contribution in [2.45, 2.75) is 25.5 Å². The summed E-state index contributed by atoms with van der Waals surface area (Å²) in [5, 5.41) is 6.28. The van der Waals surface area contributed by atoms with E-state index in [0.717, 1.165) is 18.5 Å². The summed E-state index contributed by atoms with van der Waals surface area (Å²) >= 11 is 0. The standard InChI is InChI=1S/C18H20F2N2O/c19-15-9-14(23-11-13-5-2-1-3-6-13)10-16(20)18(15)17-7-4-8-21-12-22-17/h1-3,5-6,9-10,17,21-22H,4,7-8,11-12H2. The molecule has 0 aliphatic carbocycles. The first-order valence-electron chi connectivity index (χ1n) is 7.84. The average Bonchev–Trinajstić information content (AvgIpc) is 2.83. The molecule has 1 fully saturated rings. The van der Waals surface area contributed by atoms with Crippen LogP contribution in [0.1, 0.15) is 30.0 Å². The fourth-order valence-electron chi connectivity index (χ4n) is 2.78. The molecule has 0 radical (unpaired) electrons. The van der Waals surface area contributed by atoms with Gasteiger partial charge in [-0.15, -0.1) is 0 Å². The Bertz CT molecular complexity index is 618. The van der Waals surface area contributed by atoms with Gasteiger partial charge < -0.3 is 10.1 Å². The lowest BCUT2D eigenvalue weighted by Crippen LogP contribution is -2.29. The topological polar surface area (TPSA) is 33.3 Å². The number of rotatable bonds is 4. The third kappa shape index (κ3) is 4.06. The second kappa shape index (κ2) is 7.53. The van der Waals surface area contributed by atoms with Crippen molar-refractivity contribution in [3.63, 3.8) is 0 Å². The van der Waals surface area contributed by atoms with Crippen LogP contribution < -0.4 is 15.4 Å². The van der Waals surface area contributed by atoms with Gasteiger partial charge in [0, 0.05) is 30.4 Å². The van der Waals surface area contributed by atoms with E-state index in [9.17, 15) is 8.78 Å². The molecule has 1 unspecified atom stereocenters. The molecule has 23 heavy (non-hydrogen) atoms. The van der Waals surface area contributed by atoms with Crippen molar-refractivity contribution < 1.29 is 13.5 Å². The maximum Gasteiger partial charge on any atom is 0.134 e. The summed E-state index contributed by atoms with van der Waals surface area (Å²) in [6, 6.07) is 11.7. The molecule has 3 nitrogen and oxygen atoms in total. The second-order valence-electron chi connectivity index (χ2n) is 5.65. The molecule has 1 atom stereocenters. The highest BCUT2D eigenvalue weighted by molar-refractivity contribution is 5.33. The zero-order chi connectivity index (χ0) is 16.1. The van der Waals surface area contributed by atoms with E-state index < -0.39 is 11.6 Å². The Morgan fingerprint density at radius 1 is 1.09 bits per heavy atom. The highest BCUT2D eigenvalue weighted by atomic mass is 19.1. The van der Waals surface area contributed by atoms with Crippen LogP contribution in [0, 0.1) is 11.6 Å². The van der Waals surface area contributed by atoms with Crippen LogP contribution in [0.2, 0.25) is 0 Å². The normalized spacial score (nSPS) is 18.4. The fraction of sp³-hybridized carbons (Fsp3) is 0.333. The van der Waals surface area contributed by atoms with E-state index in [4.69, 9.17) is 4.74 Å². The summed E-state index contributed by atoms with van der Waals surface area (Å²) in [5.74, 6) is -0.917. The lowest BCUT2D eigenvalue weighted by atomic mass is 10.0. The number of halogens is 2. The molecule has 2 aromatic rings. The lowest BCUT2D eigenvalue weighted by molar-refractivity contribution is 0.301. The molecular formula is C18H20F2N2O. The van der Waals surface area contributed by atoms with Gasteiger partial charge in [-0.25, -0.2) is 8.78 Å². The van der Waals surface area contributed by atoms with Gasteiger partial charge in [0.05, 0.1) is 0 Å². The Morgan fingerprint density at radius 3 is 2.57 bits per heavy atom. The molecule has 2 N–H and O–H groups in total. The Balaban J connectivity index is 1.74. The zero-order valence-electron chi connectivity index (χ0n) is 12.8. The van der Waals surface area contributed by atoms with Gasteiger partial charge in [0.25, 0.3) is 0 Å². The fourth-order valence-corrected chi connectivity index (χ4v) is 2.78. The maximum absolute atomic E-state index is 14.4. The molecule has 0 saturated carbocycles. The van der Waals surface area contributed by atoms with Gasteiger partial charge in [0.15, 0.2) is 0 Å². The minimum Gasteiger partial charge on any atom is -0.489 e. The van der Waals surface area contributed by atoms with Crippen molar-refractivity contribution in [3.8, 4) is 5.75 Å². The molecule has 1 aliphatic rings. The van der Waals surface area contributed by atoms with E-state index in [-0.39, 0.29) is 24.0 Å². The van der Waals surface area contributed by atoms with Gasteiger partial charge in [0.1, 0.15) is 24.0 Å². The minimum atomic E-state index is -0.563. The summed E-state index contributed by atoms with van der Waals surface area (Å²) in [6.07, 6.45) is 1.58. The quantitative estimate of drug-likeness (QED) is 0.905. The summed E-state index contributed by atoms with van der Waals surface area (Å²) in [6.45, 7) is 1.69. The van der Waals surface area contributed by atoms with E-state index in [1.807, 2.05) is 30.3 Å². The van der Waals surface area contributed by atoms with Gasteiger partial charge >= 0.3 is 0 Å². The molecule has 0 amide bonds. The molecule has 0 bridgehead atoms. The van der Waals surface area contributed by atoms with Gasteiger partial charge in [-0.2, -0.15) is 0 Å². The molecule has 1 heterocycles. The number of hydrogen-bond donors (Lipinski definition) is 2. The second-order valence-corrected chi connectivity index (χ2v) is 5.65. The van der Waals surface area contributed by atoms with Crippen molar-refractivity contribution in [1.82, 2.24) is 10.6 Å². The van der Waals surface area contributed by atoms with Crippen molar-refractivity contribution in [2.24, 2.45) is 0 Å². The van der Waals surface area contributed by atoms with E-state index in [1.165, 1.54) is 12.1 Å². The van der Waals surface area contributed by atoms with Crippen LogP contribution in [-0.4, -0.2) is 13.2 Å². The molecule has 5 heteroatoms. The van der Waals surface area contributed by atoms with Gasteiger partial charge in [0.2, 0.25) is 0 Å². The lowest BCUT2D eigenvalue weighted by Gasteiger charge is -2.18. The van der Waals surface area contributed by atoms with Crippen molar-refractivity contribution >= 4 is 0 Å². The summed E-state index contributed by atoms with van der Waals surface area (Å²) in [7, 11) is 0. The van der Waals surface area contributed by atoms with Crippen LogP contribution in [0.15, 0.2) is 42.5 Å². The molecule has 3 rings (SSSR count). The van der Waals surface area contributed by atoms with E-state index in [2.05, 4.69) is 10.6 Å². The first kappa shape index (κ1) is 15.9. The number of benzene rings is 2. The van der Waals surface area contributed by atoms with Crippen LogP contribution in [0.25, 0.3) is 0 Å². The molecule has 0 aromatic heterocycles. The molecule has 1 aliphatic heterocycles. The minimum absolute atomic E-state index is 0.0979. The monoisotopic (exact) mass is 318 g/mol. The van der Waals surface area contributed by atoms with E-state index in [0.29, 0.717) is 13.1 Å². The Labute approximate surface area is 134 Å². The van der Waals surface area contributed by atoms with Crippen molar-refractivity contribution in [2.75, 3.05) is 13.2 Å². The Kier molecular flexibility index (Phi) is 5.20. The third-order valence-corrected chi connectivity index (χ3v) is 3.97. The first-order valence-corrected chi connectivity index (χ1v) is 7.84. The van der Waals surface area contributed by atoms with Gasteiger partial charge in [-0.1, -0.05) is 30.3 Å². The SMILES string of the molecule is Fc1cc(OCc2ccccc2)cc(F)c1C1CCCNCN1. The molecule has 1 saturated heterocycles. The number of nitrogens with one attached hydrogen (secondary N) is 2. The van der Waals surface area contributed by atoms with Crippen molar-refractivity contribution in [3.05, 3.63) is 65.2 Å². The summed E-state index contributed by atoms with van der Waals surface area (Å²) in [5.41, 5.74) is 1.05. The molecule has 2 aromatic carbocycles. The van der Waals surface area contributed by atoms with Crippen LogP contribution in [0.3, 0.4) is 0 Å². The van der Waals surface area contributed by atoms with Crippen LogP contribution in [-0.2, 0) is 6.61 Å².